The average Bonchev–Trinajstić information content (AvgIpc) is 2.64. The molecule has 0 atom stereocenters. The van der Waals surface area contributed by atoms with E-state index in [2.05, 4.69) is 25.8 Å². The molecule has 0 fully saturated rings. The van der Waals surface area contributed by atoms with Gasteiger partial charge >= 0.3 is 0 Å². The van der Waals surface area contributed by atoms with Crippen LogP contribution in [0.25, 0.3) is 0 Å². The molecule has 0 aliphatic heterocycles. The lowest BCUT2D eigenvalue weighted by Crippen LogP contribution is -2.15. The summed E-state index contributed by atoms with van der Waals surface area (Å²) in [7, 11) is -3.73. The number of rotatable bonds is 3. The third-order valence-corrected chi connectivity index (χ3v) is 5.12. The van der Waals surface area contributed by atoms with Crippen molar-refractivity contribution >= 4 is 31.6 Å². The molecule has 0 aliphatic carbocycles. The Balaban J connectivity index is 2.50. The summed E-state index contributed by atoms with van der Waals surface area (Å²) in [5, 5.41) is 3.68. The Labute approximate surface area is 126 Å². The first-order valence-electron chi connectivity index (χ1n) is 5.95. The van der Waals surface area contributed by atoms with E-state index in [9.17, 15) is 8.42 Å². The molecule has 5 nitrogen and oxygen atoms in total. The number of nitrogens with one attached hydrogen (secondary N) is 1. The molecule has 20 heavy (non-hydrogen) atoms. The fraction of sp³-hybridized carbons (Fsp3) is 0.308. The van der Waals surface area contributed by atoms with Gasteiger partial charge < -0.3 is 4.52 Å². The Morgan fingerprint density at radius 3 is 2.35 bits per heavy atom. The Morgan fingerprint density at radius 1 is 1.20 bits per heavy atom. The molecular formula is C13H15BrN2O3S. The van der Waals surface area contributed by atoms with Crippen LogP contribution in [0.4, 0.5) is 5.69 Å². The molecule has 2 aromatic rings. The van der Waals surface area contributed by atoms with Crippen LogP contribution < -0.4 is 4.72 Å². The average molecular weight is 359 g/mol. The van der Waals surface area contributed by atoms with Crippen LogP contribution in [0.15, 0.2) is 26.0 Å². The van der Waals surface area contributed by atoms with Crippen molar-refractivity contribution in [1.29, 1.82) is 0 Å². The molecule has 0 radical (unpaired) electrons. The van der Waals surface area contributed by atoms with E-state index in [1.54, 1.807) is 13.8 Å². The maximum absolute atomic E-state index is 12.5. The quantitative estimate of drug-likeness (QED) is 0.911. The van der Waals surface area contributed by atoms with Gasteiger partial charge in [-0.3, -0.25) is 4.72 Å². The summed E-state index contributed by atoms with van der Waals surface area (Å²) in [6, 6.07) is 3.77. The molecule has 0 amide bonds. The standard InChI is InChI=1S/C13H15BrN2O3S/c1-7-5-8(2)12(11(14)6-7)16-20(17,18)13-9(3)15-19-10(13)4/h5-6,16H,1-4H3. The number of aromatic nitrogens is 1. The van der Waals surface area contributed by atoms with Gasteiger partial charge in [-0.1, -0.05) is 11.2 Å². The van der Waals surface area contributed by atoms with Crippen molar-refractivity contribution in [3.8, 4) is 0 Å². The maximum atomic E-state index is 12.5. The Bertz CT molecular complexity index is 723. The molecule has 1 heterocycles. The van der Waals surface area contributed by atoms with Crippen LogP contribution in [0.5, 0.6) is 0 Å². The molecule has 0 aliphatic rings. The van der Waals surface area contributed by atoms with Gasteiger partial charge in [0.15, 0.2) is 10.7 Å². The fourth-order valence-corrected chi connectivity index (χ4v) is 4.48. The number of sulfonamides is 1. The van der Waals surface area contributed by atoms with E-state index in [4.69, 9.17) is 4.52 Å². The number of benzene rings is 1. The molecule has 0 spiro atoms. The second kappa shape index (κ2) is 5.21. The predicted octanol–water partition coefficient (Wildman–Crippen LogP) is 3.47. The van der Waals surface area contributed by atoms with E-state index in [1.807, 2.05) is 26.0 Å². The molecule has 1 aromatic carbocycles. The van der Waals surface area contributed by atoms with E-state index in [-0.39, 0.29) is 10.7 Å². The molecule has 0 saturated carbocycles. The lowest BCUT2D eigenvalue weighted by atomic mass is 10.1. The monoisotopic (exact) mass is 358 g/mol. The lowest BCUT2D eigenvalue weighted by Gasteiger charge is -2.13. The lowest BCUT2D eigenvalue weighted by molar-refractivity contribution is 0.390. The van der Waals surface area contributed by atoms with Crippen LogP contribution in [-0.4, -0.2) is 13.6 Å². The highest BCUT2D eigenvalue weighted by Gasteiger charge is 2.25. The molecule has 1 N–H and O–H groups in total. The van der Waals surface area contributed by atoms with Gasteiger partial charge in [-0.25, -0.2) is 8.42 Å². The van der Waals surface area contributed by atoms with Gasteiger partial charge in [0.2, 0.25) is 0 Å². The number of aryl methyl sites for hydroxylation is 4. The summed E-state index contributed by atoms with van der Waals surface area (Å²) >= 11 is 3.38. The van der Waals surface area contributed by atoms with Crippen LogP contribution in [0.2, 0.25) is 0 Å². The zero-order valence-electron chi connectivity index (χ0n) is 11.6. The smallest absolute Gasteiger partial charge is 0.267 e. The molecule has 0 bridgehead atoms. The van der Waals surface area contributed by atoms with Gasteiger partial charge in [0.1, 0.15) is 5.69 Å². The van der Waals surface area contributed by atoms with Crippen molar-refractivity contribution in [2.24, 2.45) is 0 Å². The predicted molar refractivity (Wildman–Crippen MR) is 80.4 cm³/mol. The summed E-state index contributed by atoms with van der Waals surface area (Å²) in [6.45, 7) is 6.97. The minimum absolute atomic E-state index is 0.0874. The molecule has 1 aromatic heterocycles. The number of halogens is 1. The Morgan fingerprint density at radius 2 is 1.85 bits per heavy atom. The second-order valence-electron chi connectivity index (χ2n) is 4.70. The van der Waals surface area contributed by atoms with Crippen molar-refractivity contribution in [3.05, 3.63) is 39.2 Å². The van der Waals surface area contributed by atoms with Gasteiger partial charge in [0.05, 0.1) is 5.69 Å². The van der Waals surface area contributed by atoms with E-state index in [0.29, 0.717) is 15.9 Å². The molecule has 0 unspecified atom stereocenters. The summed E-state index contributed by atoms with van der Waals surface area (Å²) in [4.78, 5) is 0.0874. The van der Waals surface area contributed by atoms with Crippen molar-refractivity contribution < 1.29 is 12.9 Å². The van der Waals surface area contributed by atoms with Crippen LogP contribution >= 0.6 is 15.9 Å². The summed E-state index contributed by atoms with van der Waals surface area (Å²) in [5.74, 6) is 0.274. The fourth-order valence-electron chi connectivity index (χ4n) is 2.09. The third kappa shape index (κ3) is 2.73. The molecule has 7 heteroatoms. The number of anilines is 1. The Hall–Kier alpha value is -1.34. The van der Waals surface area contributed by atoms with Gasteiger partial charge in [-0.15, -0.1) is 0 Å². The highest BCUT2D eigenvalue weighted by atomic mass is 79.9. The molecule has 2 rings (SSSR count). The van der Waals surface area contributed by atoms with Crippen molar-refractivity contribution in [2.75, 3.05) is 4.72 Å². The third-order valence-electron chi connectivity index (χ3n) is 2.90. The second-order valence-corrected chi connectivity index (χ2v) is 7.17. The number of hydrogen-bond acceptors (Lipinski definition) is 4. The first-order chi connectivity index (χ1) is 9.22. The molecule has 0 saturated heterocycles. The van der Waals surface area contributed by atoms with Crippen LogP contribution in [0, 0.1) is 27.7 Å². The maximum Gasteiger partial charge on any atom is 0.267 e. The van der Waals surface area contributed by atoms with E-state index in [1.165, 1.54) is 0 Å². The zero-order valence-corrected chi connectivity index (χ0v) is 14.0. The first-order valence-corrected chi connectivity index (χ1v) is 8.22. The van der Waals surface area contributed by atoms with Crippen LogP contribution in [-0.2, 0) is 10.0 Å². The number of hydrogen-bond donors (Lipinski definition) is 1. The first kappa shape index (κ1) is 15.1. The van der Waals surface area contributed by atoms with Crippen molar-refractivity contribution in [1.82, 2.24) is 5.16 Å². The normalized spacial score (nSPS) is 11.7. The van der Waals surface area contributed by atoms with Gasteiger partial charge in [0, 0.05) is 4.47 Å². The summed E-state index contributed by atoms with van der Waals surface area (Å²) < 4.78 is 33.1. The van der Waals surface area contributed by atoms with Crippen molar-refractivity contribution in [3.63, 3.8) is 0 Å². The highest BCUT2D eigenvalue weighted by Crippen LogP contribution is 2.31. The largest absolute Gasteiger partial charge is 0.360 e. The van der Waals surface area contributed by atoms with Gasteiger partial charge in [-0.05, 0) is 60.8 Å². The van der Waals surface area contributed by atoms with Crippen LogP contribution in [0.3, 0.4) is 0 Å². The molecule has 108 valence electrons. The van der Waals surface area contributed by atoms with E-state index in [0.717, 1.165) is 11.1 Å². The van der Waals surface area contributed by atoms with E-state index >= 15 is 0 Å². The minimum Gasteiger partial charge on any atom is -0.360 e. The molecular weight excluding hydrogens is 344 g/mol. The van der Waals surface area contributed by atoms with Gasteiger partial charge in [-0.2, -0.15) is 0 Å². The summed E-state index contributed by atoms with van der Waals surface area (Å²) in [5.41, 5.74) is 2.76. The van der Waals surface area contributed by atoms with Gasteiger partial charge in [0.25, 0.3) is 10.0 Å². The minimum atomic E-state index is -3.73. The zero-order chi connectivity index (χ0) is 15.1. The van der Waals surface area contributed by atoms with Crippen molar-refractivity contribution in [2.45, 2.75) is 32.6 Å². The SMILES string of the molecule is Cc1cc(C)c(NS(=O)(=O)c2c(C)noc2C)c(Br)c1. The van der Waals surface area contributed by atoms with Crippen LogP contribution in [0.1, 0.15) is 22.6 Å². The topological polar surface area (TPSA) is 72.2 Å². The summed E-state index contributed by atoms with van der Waals surface area (Å²) in [6.07, 6.45) is 0. The number of nitrogens with zero attached hydrogens (tertiary/aromatic N) is 1. The Kier molecular flexibility index (Phi) is 3.93. The highest BCUT2D eigenvalue weighted by molar-refractivity contribution is 9.10. The van der Waals surface area contributed by atoms with E-state index < -0.39 is 10.0 Å².